The lowest BCUT2D eigenvalue weighted by Gasteiger charge is -1.99. The number of rotatable bonds is 1. The summed E-state index contributed by atoms with van der Waals surface area (Å²) in [6.07, 6.45) is 1.46. The molecule has 0 fully saturated rings. The van der Waals surface area contributed by atoms with E-state index >= 15 is 0 Å². The first kappa shape index (κ1) is 16.3. The number of aromatic nitrogens is 2. The van der Waals surface area contributed by atoms with Crippen molar-refractivity contribution in [3.63, 3.8) is 0 Å². The number of carbonyl (C=O) groups excluding carboxylic acids is 1. The van der Waals surface area contributed by atoms with Crippen LogP contribution in [0.5, 0.6) is 0 Å². The van der Waals surface area contributed by atoms with Gasteiger partial charge in [0.15, 0.2) is 5.78 Å². The molecule has 2 radical (unpaired) electrons. The van der Waals surface area contributed by atoms with Crippen LogP contribution in [0.2, 0.25) is 0 Å². The van der Waals surface area contributed by atoms with Crippen LogP contribution in [0, 0.1) is 0 Å². The molecule has 0 aliphatic rings. The zero-order chi connectivity index (χ0) is 14.1. The van der Waals surface area contributed by atoms with Crippen LogP contribution in [-0.2, 0) is 0 Å². The van der Waals surface area contributed by atoms with Gasteiger partial charge in [-0.15, -0.1) is 0 Å². The summed E-state index contributed by atoms with van der Waals surface area (Å²) < 4.78 is 0. The van der Waals surface area contributed by atoms with E-state index in [-0.39, 0.29) is 5.78 Å². The van der Waals surface area contributed by atoms with Crippen molar-refractivity contribution < 1.29 is 4.79 Å². The van der Waals surface area contributed by atoms with Gasteiger partial charge in [-0.2, -0.15) is 0 Å². The molecule has 1 aromatic carbocycles. The fraction of sp³-hybridized carbons (Fsp3) is 0.357. The highest BCUT2D eigenvalue weighted by molar-refractivity contribution is 6.33. The standard InChI is InChI=1S/C10H7BN2O.2C2H6/c1-6(14)10-5-12-9-4-7(11)2-3-8(9)13-10;2*1-2/h2-5H,1H3;2*1-2H3. The zero-order valence-corrected chi connectivity index (χ0v) is 11.7. The van der Waals surface area contributed by atoms with E-state index in [2.05, 4.69) is 9.97 Å². The van der Waals surface area contributed by atoms with Crippen molar-refractivity contribution in [1.29, 1.82) is 0 Å². The maximum atomic E-state index is 11.0. The molecule has 3 nitrogen and oxygen atoms in total. The first-order valence-electron chi connectivity index (χ1n) is 6.20. The van der Waals surface area contributed by atoms with Crippen molar-refractivity contribution in [2.75, 3.05) is 0 Å². The molecule has 0 saturated carbocycles. The molecule has 1 heterocycles. The Hall–Kier alpha value is -1.71. The Kier molecular flexibility index (Phi) is 7.60. The fourth-order valence-electron chi connectivity index (χ4n) is 1.20. The van der Waals surface area contributed by atoms with Crippen LogP contribution in [0.3, 0.4) is 0 Å². The topological polar surface area (TPSA) is 42.9 Å². The maximum absolute atomic E-state index is 11.0. The highest BCUT2D eigenvalue weighted by atomic mass is 16.1. The lowest BCUT2D eigenvalue weighted by molar-refractivity contribution is 0.101. The van der Waals surface area contributed by atoms with Gasteiger partial charge in [0.05, 0.1) is 17.2 Å². The Bertz CT molecular complexity index is 512. The lowest BCUT2D eigenvalue weighted by Crippen LogP contribution is -2.03. The number of fused-ring (bicyclic) bond motifs is 1. The lowest BCUT2D eigenvalue weighted by atomic mass is 9.96. The molecule has 0 bridgehead atoms. The summed E-state index contributed by atoms with van der Waals surface area (Å²) >= 11 is 0. The molecule has 0 unspecified atom stereocenters. The molecule has 0 spiro atoms. The van der Waals surface area contributed by atoms with Gasteiger partial charge in [-0.1, -0.05) is 39.2 Å². The third-order valence-corrected chi connectivity index (χ3v) is 1.93. The van der Waals surface area contributed by atoms with Gasteiger partial charge in [-0.05, 0) is 12.1 Å². The van der Waals surface area contributed by atoms with Crippen molar-refractivity contribution in [2.45, 2.75) is 34.6 Å². The van der Waals surface area contributed by atoms with Gasteiger partial charge in [-0.3, -0.25) is 9.78 Å². The van der Waals surface area contributed by atoms with E-state index in [0.29, 0.717) is 22.2 Å². The van der Waals surface area contributed by atoms with Crippen LogP contribution in [0.1, 0.15) is 45.1 Å². The molecule has 0 aliphatic carbocycles. The average molecular weight is 242 g/mol. The van der Waals surface area contributed by atoms with E-state index in [4.69, 9.17) is 7.85 Å². The molecule has 2 aromatic rings. The highest BCUT2D eigenvalue weighted by Gasteiger charge is 2.03. The van der Waals surface area contributed by atoms with Gasteiger partial charge in [0, 0.05) is 6.92 Å². The van der Waals surface area contributed by atoms with Gasteiger partial charge < -0.3 is 0 Å². The summed E-state index contributed by atoms with van der Waals surface area (Å²) in [5.41, 5.74) is 2.41. The van der Waals surface area contributed by atoms with Crippen LogP contribution in [0.15, 0.2) is 24.4 Å². The fourth-order valence-corrected chi connectivity index (χ4v) is 1.20. The van der Waals surface area contributed by atoms with E-state index in [1.807, 2.05) is 27.7 Å². The van der Waals surface area contributed by atoms with Gasteiger partial charge in [0.25, 0.3) is 0 Å². The van der Waals surface area contributed by atoms with Crippen LogP contribution in [0.4, 0.5) is 0 Å². The summed E-state index contributed by atoms with van der Waals surface area (Å²) in [5.74, 6) is -0.0868. The Morgan fingerprint density at radius 3 is 2.28 bits per heavy atom. The summed E-state index contributed by atoms with van der Waals surface area (Å²) in [5, 5.41) is 0. The molecule has 0 amide bonds. The number of hydrogen-bond donors (Lipinski definition) is 0. The van der Waals surface area contributed by atoms with Crippen molar-refractivity contribution in [3.8, 4) is 0 Å². The first-order valence-corrected chi connectivity index (χ1v) is 6.20. The number of carbonyl (C=O) groups is 1. The molecular weight excluding hydrogens is 223 g/mol. The Balaban J connectivity index is 0.000000659. The predicted octanol–water partition coefficient (Wildman–Crippen LogP) is 2.68. The van der Waals surface area contributed by atoms with Crippen molar-refractivity contribution >= 4 is 30.1 Å². The quantitative estimate of drug-likeness (QED) is 0.570. The molecule has 2 rings (SSSR count). The molecular formula is C14H19BN2O. The van der Waals surface area contributed by atoms with Gasteiger partial charge in [0.2, 0.25) is 0 Å². The van der Waals surface area contributed by atoms with Gasteiger partial charge in [-0.25, -0.2) is 4.98 Å². The second-order valence-corrected chi connectivity index (χ2v) is 3.06. The van der Waals surface area contributed by atoms with E-state index in [9.17, 15) is 4.79 Å². The number of Topliss-reactive ketones (excluding diaryl/α,β-unsaturated/α-hetero) is 1. The second-order valence-electron chi connectivity index (χ2n) is 3.06. The van der Waals surface area contributed by atoms with Crippen molar-refractivity contribution in [3.05, 3.63) is 30.1 Å². The van der Waals surface area contributed by atoms with Gasteiger partial charge in [0.1, 0.15) is 13.5 Å². The van der Waals surface area contributed by atoms with Crippen LogP contribution in [0.25, 0.3) is 11.0 Å². The van der Waals surface area contributed by atoms with Gasteiger partial charge >= 0.3 is 0 Å². The molecule has 0 N–H and O–H groups in total. The number of benzene rings is 1. The van der Waals surface area contributed by atoms with Crippen molar-refractivity contribution in [1.82, 2.24) is 9.97 Å². The molecule has 1 aromatic heterocycles. The summed E-state index contributed by atoms with van der Waals surface area (Å²) in [4.78, 5) is 19.3. The zero-order valence-electron chi connectivity index (χ0n) is 11.7. The SMILES string of the molecule is CC.CC.[B]c1ccc2nc(C(C)=O)cnc2c1. The predicted molar refractivity (Wildman–Crippen MR) is 77.6 cm³/mol. The van der Waals surface area contributed by atoms with Crippen LogP contribution < -0.4 is 5.46 Å². The summed E-state index contributed by atoms with van der Waals surface area (Å²) in [7, 11) is 5.59. The Morgan fingerprint density at radius 1 is 1.11 bits per heavy atom. The molecule has 18 heavy (non-hydrogen) atoms. The summed E-state index contributed by atoms with van der Waals surface area (Å²) in [6, 6.07) is 5.22. The number of hydrogen-bond acceptors (Lipinski definition) is 3. The minimum absolute atomic E-state index is 0.0868. The monoisotopic (exact) mass is 242 g/mol. The molecule has 0 atom stereocenters. The smallest absolute Gasteiger partial charge is 0.179 e. The van der Waals surface area contributed by atoms with Crippen LogP contribution in [-0.4, -0.2) is 23.6 Å². The Labute approximate surface area is 110 Å². The highest BCUT2D eigenvalue weighted by Crippen LogP contribution is 2.07. The first-order chi connectivity index (χ1) is 8.66. The van der Waals surface area contributed by atoms with Crippen LogP contribution >= 0.6 is 0 Å². The largest absolute Gasteiger partial charge is 0.293 e. The Morgan fingerprint density at radius 2 is 1.72 bits per heavy atom. The maximum Gasteiger partial charge on any atom is 0.179 e. The van der Waals surface area contributed by atoms with Crippen molar-refractivity contribution in [2.24, 2.45) is 0 Å². The minimum Gasteiger partial charge on any atom is -0.293 e. The molecule has 94 valence electrons. The third kappa shape index (κ3) is 4.28. The summed E-state index contributed by atoms with van der Waals surface area (Å²) in [6.45, 7) is 9.47. The van der Waals surface area contributed by atoms with E-state index in [1.165, 1.54) is 13.1 Å². The molecule has 4 heteroatoms. The number of ketones is 1. The molecule has 0 saturated heterocycles. The van der Waals surface area contributed by atoms with E-state index in [1.54, 1.807) is 18.2 Å². The number of nitrogens with zero attached hydrogens (tertiary/aromatic N) is 2. The normalized spacial score (nSPS) is 8.72. The average Bonchev–Trinajstić information content (AvgIpc) is 2.42. The third-order valence-electron chi connectivity index (χ3n) is 1.93. The second kappa shape index (κ2) is 8.40. The minimum atomic E-state index is -0.0868. The molecule has 0 aliphatic heterocycles. The van der Waals surface area contributed by atoms with E-state index in [0.717, 1.165) is 0 Å². The van der Waals surface area contributed by atoms with E-state index < -0.39 is 0 Å².